The molecular formula is C24H32N2O3. The molecule has 0 aliphatic rings. The number of oxime groups is 1. The first-order chi connectivity index (χ1) is 14.2. The Morgan fingerprint density at radius 3 is 2.45 bits per heavy atom. The molecule has 0 spiro atoms. The minimum absolute atomic E-state index is 0.582. The van der Waals surface area contributed by atoms with Crippen LogP contribution in [0.4, 0.5) is 0 Å². The predicted molar refractivity (Wildman–Crippen MR) is 119 cm³/mol. The van der Waals surface area contributed by atoms with E-state index in [1.165, 1.54) is 0 Å². The predicted octanol–water partition coefficient (Wildman–Crippen LogP) is 4.67. The summed E-state index contributed by atoms with van der Waals surface area (Å²) < 4.78 is 11.7. The van der Waals surface area contributed by atoms with E-state index in [1.54, 1.807) is 7.11 Å². The van der Waals surface area contributed by atoms with Gasteiger partial charge in [0.15, 0.2) is 0 Å². The lowest BCUT2D eigenvalue weighted by atomic mass is 10.1. The molecule has 0 aliphatic carbocycles. The standard InChI is InChI=1S/C24H32N2O3/c1-5-6-14-28-22-16-19(2)24(20(3)17-22)29-15-10-13-25-18-23(26-27-4)21-11-8-7-9-12-21/h5-9,11-12,16-17,25H,10,13-15,18H2,1-4H3/b6-5+,26-23?. The van der Waals surface area contributed by atoms with Crippen LogP contribution in [0.25, 0.3) is 0 Å². The van der Waals surface area contributed by atoms with E-state index in [-0.39, 0.29) is 0 Å². The Kier molecular flexibility index (Phi) is 9.80. The van der Waals surface area contributed by atoms with Crippen molar-refractivity contribution >= 4 is 5.71 Å². The maximum Gasteiger partial charge on any atom is 0.125 e. The zero-order valence-electron chi connectivity index (χ0n) is 17.9. The van der Waals surface area contributed by atoms with Gasteiger partial charge in [-0.05, 0) is 57.0 Å². The van der Waals surface area contributed by atoms with Crippen molar-refractivity contribution in [2.45, 2.75) is 27.2 Å². The van der Waals surface area contributed by atoms with Gasteiger partial charge >= 0.3 is 0 Å². The van der Waals surface area contributed by atoms with Gasteiger partial charge in [0.25, 0.3) is 0 Å². The molecule has 0 saturated heterocycles. The van der Waals surface area contributed by atoms with E-state index < -0.39 is 0 Å². The van der Waals surface area contributed by atoms with Crippen molar-refractivity contribution in [1.82, 2.24) is 5.32 Å². The van der Waals surface area contributed by atoms with Gasteiger partial charge in [-0.25, -0.2) is 0 Å². The molecule has 2 rings (SSSR count). The van der Waals surface area contributed by atoms with Crippen LogP contribution in [-0.4, -0.2) is 39.1 Å². The Bertz CT molecular complexity index is 778. The Morgan fingerprint density at radius 1 is 1.07 bits per heavy atom. The Labute approximate surface area is 174 Å². The normalized spacial score (nSPS) is 11.7. The van der Waals surface area contributed by atoms with Gasteiger partial charge in [0.1, 0.15) is 30.9 Å². The van der Waals surface area contributed by atoms with Gasteiger partial charge in [0.05, 0.1) is 6.61 Å². The number of allylic oxidation sites excluding steroid dienone is 1. The second-order valence-corrected chi connectivity index (χ2v) is 6.73. The lowest BCUT2D eigenvalue weighted by Crippen LogP contribution is -2.26. The Balaban J connectivity index is 1.76. The fourth-order valence-corrected chi connectivity index (χ4v) is 2.97. The summed E-state index contributed by atoms with van der Waals surface area (Å²) in [7, 11) is 1.57. The highest BCUT2D eigenvalue weighted by molar-refractivity contribution is 6.01. The van der Waals surface area contributed by atoms with Crippen molar-refractivity contribution < 1.29 is 14.3 Å². The van der Waals surface area contributed by atoms with Gasteiger partial charge in [-0.1, -0.05) is 47.6 Å². The summed E-state index contributed by atoms with van der Waals surface area (Å²) in [5.41, 5.74) is 4.12. The van der Waals surface area contributed by atoms with Crippen molar-refractivity contribution in [2.75, 3.05) is 33.4 Å². The highest BCUT2D eigenvalue weighted by atomic mass is 16.6. The summed E-state index contributed by atoms with van der Waals surface area (Å²) in [6.07, 6.45) is 4.87. The SMILES string of the molecule is C/C=C/COc1cc(C)c(OCCCNCC(=NOC)c2ccccc2)c(C)c1. The second kappa shape index (κ2) is 12.6. The molecule has 1 N–H and O–H groups in total. The summed E-state index contributed by atoms with van der Waals surface area (Å²) in [5.74, 6) is 1.81. The zero-order valence-corrected chi connectivity index (χ0v) is 17.9. The van der Waals surface area contributed by atoms with E-state index in [2.05, 4.69) is 24.3 Å². The van der Waals surface area contributed by atoms with Crippen molar-refractivity contribution in [3.8, 4) is 11.5 Å². The molecule has 2 aromatic carbocycles. The number of benzene rings is 2. The third-order valence-electron chi connectivity index (χ3n) is 4.36. The first kappa shape index (κ1) is 22.5. The van der Waals surface area contributed by atoms with Crippen LogP contribution in [-0.2, 0) is 4.84 Å². The summed E-state index contributed by atoms with van der Waals surface area (Å²) in [4.78, 5) is 4.97. The van der Waals surface area contributed by atoms with Crippen LogP contribution in [0.15, 0.2) is 59.8 Å². The minimum atomic E-state index is 0.582. The zero-order chi connectivity index (χ0) is 20.9. The molecule has 0 aromatic heterocycles. The second-order valence-electron chi connectivity index (χ2n) is 6.73. The minimum Gasteiger partial charge on any atom is -0.493 e. The molecule has 0 aliphatic heterocycles. The highest BCUT2D eigenvalue weighted by Gasteiger charge is 2.08. The van der Waals surface area contributed by atoms with Crippen LogP contribution in [0.3, 0.4) is 0 Å². The van der Waals surface area contributed by atoms with Crippen LogP contribution < -0.4 is 14.8 Å². The summed E-state index contributed by atoms with van der Waals surface area (Å²) in [6, 6.07) is 14.1. The third-order valence-corrected chi connectivity index (χ3v) is 4.36. The number of hydrogen-bond donors (Lipinski definition) is 1. The van der Waals surface area contributed by atoms with E-state index in [4.69, 9.17) is 14.3 Å². The molecule has 0 fully saturated rings. The molecule has 0 bridgehead atoms. The average molecular weight is 397 g/mol. The number of ether oxygens (including phenoxy) is 2. The van der Waals surface area contributed by atoms with Crippen LogP contribution in [0.1, 0.15) is 30.0 Å². The van der Waals surface area contributed by atoms with Crippen molar-refractivity contribution in [1.29, 1.82) is 0 Å². The number of hydrogen-bond acceptors (Lipinski definition) is 5. The topological polar surface area (TPSA) is 52.1 Å². The number of aryl methyl sites for hydroxylation is 2. The first-order valence-corrected chi connectivity index (χ1v) is 10.00. The largest absolute Gasteiger partial charge is 0.493 e. The maximum atomic E-state index is 6.02. The molecule has 0 amide bonds. The number of rotatable bonds is 12. The van der Waals surface area contributed by atoms with Gasteiger partial charge in [-0.15, -0.1) is 0 Å². The van der Waals surface area contributed by atoms with Crippen LogP contribution in [0.5, 0.6) is 11.5 Å². The molecule has 0 radical (unpaired) electrons. The van der Waals surface area contributed by atoms with Gasteiger partial charge in [-0.2, -0.15) is 0 Å². The van der Waals surface area contributed by atoms with E-state index in [0.29, 0.717) is 19.8 Å². The summed E-state index contributed by atoms with van der Waals surface area (Å²) in [5, 5.41) is 7.53. The Morgan fingerprint density at radius 2 is 1.79 bits per heavy atom. The lowest BCUT2D eigenvalue weighted by molar-refractivity contribution is 0.213. The molecule has 0 atom stereocenters. The molecule has 2 aromatic rings. The quantitative estimate of drug-likeness (QED) is 0.245. The van der Waals surface area contributed by atoms with Gasteiger partial charge in [-0.3, -0.25) is 0 Å². The van der Waals surface area contributed by atoms with Crippen molar-refractivity contribution in [2.24, 2.45) is 5.16 Å². The van der Waals surface area contributed by atoms with Crippen molar-refractivity contribution in [3.05, 3.63) is 71.3 Å². The summed E-state index contributed by atoms with van der Waals surface area (Å²) >= 11 is 0. The lowest BCUT2D eigenvalue weighted by Gasteiger charge is -2.14. The smallest absolute Gasteiger partial charge is 0.125 e. The molecular weight excluding hydrogens is 364 g/mol. The van der Waals surface area contributed by atoms with E-state index in [0.717, 1.165) is 46.9 Å². The highest BCUT2D eigenvalue weighted by Crippen LogP contribution is 2.28. The fraction of sp³-hybridized carbons (Fsp3) is 0.375. The fourth-order valence-electron chi connectivity index (χ4n) is 2.97. The summed E-state index contributed by atoms with van der Waals surface area (Å²) in [6.45, 7) is 8.80. The van der Waals surface area contributed by atoms with E-state index >= 15 is 0 Å². The van der Waals surface area contributed by atoms with Crippen LogP contribution >= 0.6 is 0 Å². The van der Waals surface area contributed by atoms with Gasteiger partial charge in [0.2, 0.25) is 0 Å². The van der Waals surface area contributed by atoms with Crippen molar-refractivity contribution in [3.63, 3.8) is 0 Å². The van der Waals surface area contributed by atoms with Gasteiger partial charge in [0, 0.05) is 12.1 Å². The molecule has 5 heteroatoms. The number of nitrogens with zero attached hydrogens (tertiary/aromatic N) is 1. The van der Waals surface area contributed by atoms with Gasteiger partial charge < -0.3 is 19.6 Å². The molecule has 0 heterocycles. The monoisotopic (exact) mass is 396 g/mol. The third kappa shape index (κ3) is 7.62. The average Bonchev–Trinajstić information content (AvgIpc) is 2.72. The van der Waals surface area contributed by atoms with E-state index in [9.17, 15) is 0 Å². The molecule has 0 saturated carbocycles. The first-order valence-electron chi connectivity index (χ1n) is 10.00. The Hall–Kier alpha value is -2.79. The van der Waals surface area contributed by atoms with Crippen LogP contribution in [0.2, 0.25) is 0 Å². The maximum absolute atomic E-state index is 6.02. The van der Waals surface area contributed by atoms with E-state index in [1.807, 2.05) is 61.5 Å². The molecule has 0 unspecified atom stereocenters. The molecule has 5 nitrogen and oxygen atoms in total. The number of nitrogens with one attached hydrogen (secondary N) is 1. The molecule has 29 heavy (non-hydrogen) atoms. The van der Waals surface area contributed by atoms with Crippen LogP contribution in [0, 0.1) is 13.8 Å². The molecule has 156 valence electrons.